The van der Waals surface area contributed by atoms with Crippen LogP contribution in [0.1, 0.15) is 97.8 Å². The molecule has 2 aliphatic carbocycles. The molecular weight excluding hydrogens is 393 g/mol. The van der Waals surface area contributed by atoms with Crippen molar-refractivity contribution in [2.75, 3.05) is 0 Å². The van der Waals surface area contributed by atoms with Crippen LogP contribution in [0.3, 0.4) is 0 Å². The van der Waals surface area contributed by atoms with E-state index in [-0.39, 0.29) is 0 Å². The molecule has 2 heteroatoms. The first-order valence-corrected chi connectivity index (χ1v) is 11.6. The molecule has 6 atom stereocenters. The molecule has 0 radical (unpaired) electrons. The maximum Gasteiger partial charge on any atom is 0.0220 e. The van der Waals surface area contributed by atoms with Crippen molar-refractivity contribution in [2.45, 2.75) is 104 Å². The molecule has 2 rings (SSSR count). The Balaban J connectivity index is 1.97. The summed E-state index contributed by atoms with van der Waals surface area (Å²) >= 11 is 2.46. The predicted molar refractivity (Wildman–Crippen MR) is 111 cm³/mol. The highest BCUT2D eigenvalue weighted by molar-refractivity contribution is 14.1. The van der Waals surface area contributed by atoms with E-state index in [9.17, 15) is 0 Å². The van der Waals surface area contributed by atoms with Gasteiger partial charge in [0.15, 0.2) is 0 Å². The van der Waals surface area contributed by atoms with Crippen molar-refractivity contribution in [3.8, 4) is 0 Å². The summed E-state index contributed by atoms with van der Waals surface area (Å²) in [5.41, 5.74) is 0. The second kappa shape index (κ2) is 10.6. The molecule has 0 spiro atoms. The first-order chi connectivity index (χ1) is 11.2. The van der Waals surface area contributed by atoms with Crippen LogP contribution in [-0.2, 0) is 0 Å². The lowest BCUT2D eigenvalue weighted by Crippen LogP contribution is -2.42. The van der Waals surface area contributed by atoms with E-state index < -0.39 is 0 Å². The van der Waals surface area contributed by atoms with Gasteiger partial charge in [0.05, 0.1) is 0 Å². The largest absolute Gasteiger partial charge is 0.257 e. The first kappa shape index (κ1) is 20.0. The van der Waals surface area contributed by atoms with Crippen molar-refractivity contribution in [1.82, 2.24) is 3.53 Å². The predicted octanol–water partition coefficient (Wildman–Crippen LogP) is 7.14. The van der Waals surface area contributed by atoms with E-state index in [0.29, 0.717) is 0 Å². The van der Waals surface area contributed by atoms with Crippen molar-refractivity contribution in [3.63, 3.8) is 0 Å². The van der Waals surface area contributed by atoms with E-state index in [0.717, 1.165) is 35.6 Å². The van der Waals surface area contributed by atoms with Crippen LogP contribution >= 0.6 is 22.9 Å². The Morgan fingerprint density at radius 3 is 2.13 bits per heavy atom. The number of hydrogen-bond donors (Lipinski definition) is 1. The number of rotatable bonds is 8. The minimum absolute atomic E-state index is 0.742. The van der Waals surface area contributed by atoms with Gasteiger partial charge in [0.2, 0.25) is 0 Å². The Morgan fingerprint density at radius 2 is 1.52 bits per heavy atom. The zero-order valence-electron chi connectivity index (χ0n) is 15.8. The molecule has 0 bridgehead atoms. The zero-order valence-corrected chi connectivity index (χ0v) is 18.0. The lowest BCUT2D eigenvalue weighted by atomic mass is 9.67. The van der Waals surface area contributed by atoms with Crippen LogP contribution in [-0.4, -0.2) is 6.04 Å². The molecule has 2 fully saturated rings. The fourth-order valence-corrected chi connectivity index (χ4v) is 6.88. The molecule has 1 N–H and O–H groups in total. The van der Waals surface area contributed by atoms with E-state index in [2.05, 4.69) is 47.2 Å². The highest BCUT2D eigenvalue weighted by atomic mass is 127. The van der Waals surface area contributed by atoms with Crippen LogP contribution in [0.4, 0.5) is 0 Å². The third-order valence-electron chi connectivity index (χ3n) is 7.09. The number of halogens is 1. The Hall–Kier alpha value is 0.690. The molecule has 23 heavy (non-hydrogen) atoms. The van der Waals surface area contributed by atoms with Crippen molar-refractivity contribution < 1.29 is 0 Å². The van der Waals surface area contributed by atoms with E-state index in [1.807, 2.05) is 0 Å². The summed E-state index contributed by atoms with van der Waals surface area (Å²) in [4.78, 5) is 0. The average Bonchev–Trinajstić information content (AvgIpc) is 2.58. The lowest BCUT2D eigenvalue weighted by Gasteiger charge is -2.41. The molecule has 0 heterocycles. The Bertz CT molecular complexity index is 317. The molecular formula is C21H40IN. The van der Waals surface area contributed by atoms with Crippen molar-refractivity contribution in [3.05, 3.63) is 0 Å². The van der Waals surface area contributed by atoms with Gasteiger partial charge in [-0.1, -0.05) is 85.0 Å². The van der Waals surface area contributed by atoms with Gasteiger partial charge in [-0.2, -0.15) is 0 Å². The lowest BCUT2D eigenvalue weighted by molar-refractivity contribution is 0.125. The molecule has 6 unspecified atom stereocenters. The fourth-order valence-electron chi connectivity index (χ4n) is 5.81. The molecule has 2 saturated carbocycles. The normalized spacial score (nSPS) is 35.0. The summed E-state index contributed by atoms with van der Waals surface area (Å²) in [5, 5.41) is 0. The van der Waals surface area contributed by atoms with E-state index in [1.165, 1.54) is 77.0 Å². The molecule has 0 saturated heterocycles. The molecule has 2 aliphatic rings. The summed E-state index contributed by atoms with van der Waals surface area (Å²) in [6.45, 7) is 7.34. The number of hydrogen-bond acceptors (Lipinski definition) is 1. The van der Waals surface area contributed by atoms with Gasteiger partial charge < -0.3 is 0 Å². The van der Waals surface area contributed by atoms with Gasteiger partial charge in [0.1, 0.15) is 0 Å². The van der Waals surface area contributed by atoms with Crippen LogP contribution in [0.15, 0.2) is 0 Å². The minimum atomic E-state index is 0.742. The summed E-state index contributed by atoms with van der Waals surface area (Å²) in [7, 11) is 0. The smallest absolute Gasteiger partial charge is 0.0220 e. The van der Waals surface area contributed by atoms with Gasteiger partial charge in [0, 0.05) is 28.9 Å². The van der Waals surface area contributed by atoms with Crippen LogP contribution < -0.4 is 3.53 Å². The molecule has 0 amide bonds. The topological polar surface area (TPSA) is 12.0 Å². The van der Waals surface area contributed by atoms with Crippen molar-refractivity contribution >= 4 is 22.9 Å². The molecule has 0 aromatic carbocycles. The van der Waals surface area contributed by atoms with E-state index in [4.69, 9.17) is 0 Å². The van der Waals surface area contributed by atoms with Gasteiger partial charge in [-0.05, 0) is 42.4 Å². The Kier molecular flexibility index (Phi) is 9.25. The van der Waals surface area contributed by atoms with E-state index in [1.54, 1.807) is 0 Å². The highest BCUT2D eigenvalue weighted by Gasteiger charge is 2.35. The van der Waals surface area contributed by atoms with E-state index >= 15 is 0 Å². The molecule has 136 valence electrons. The Labute approximate surface area is 159 Å². The van der Waals surface area contributed by atoms with Crippen molar-refractivity contribution in [2.24, 2.45) is 29.6 Å². The van der Waals surface area contributed by atoms with Gasteiger partial charge >= 0.3 is 0 Å². The zero-order chi connectivity index (χ0) is 16.7. The van der Waals surface area contributed by atoms with Gasteiger partial charge in [-0.15, -0.1) is 0 Å². The standard InChI is InChI=1S/C21H40IN/c1-4-10-18-12-8-9-14-20(18)21(23-22)16(3)15-19-13-7-6-11-17(19)5-2/h16-21,23H,4-15H2,1-3H3. The number of nitrogens with one attached hydrogen (secondary N) is 1. The second-order valence-electron chi connectivity index (χ2n) is 8.56. The first-order valence-electron chi connectivity index (χ1n) is 10.6. The van der Waals surface area contributed by atoms with Gasteiger partial charge in [0.25, 0.3) is 0 Å². The third-order valence-corrected chi connectivity index (χ3v) is 7.81. The van der Waals surface area contributed by atoms with Crippen LogP contribution in [0.5, 0.6) is 0 Å². The second-order valence-corrected chi connectivity index (χ2v) is 9.18. The average molecular weight is 433 g/mol. The molecule has 0 aliphatic heterocycles. The molecule has 0 aromatic heterocycles. The van der Waals surface area contributed by atoms with Crippen LogP contribution in [0.25, 0.3) is 0 Å². The van der Waals surface area contributed by atoms with Crippen molar-refractivity contribution in [1.29, 1.82) is 0 Å². The SMILES string of the molecule is CCCC1CCCCC1C(NI)C(C)CC1CCCCC1CC. The summed E-state index contributed by atoms with van der Waals surface area (Å²) in [6.07, 6.45) is 17.6. The van der Waals surface area contributed by atoms with Gasteiger partial charge in [-0.3, -0.25) is 3.53 Å². The monoisotopic (exact) mass is 433 g/mol. The summed E-state index contributed by atoms with van der Waals surface area (Å²) < 4.78 is 3.75. The van der Waals surface area contributed by atoms with Gasteiger partial charge in [-0.25, -0.2) is 0 Å². The fraction of sp³-hybridized carbons (Fsp3) is 1.00. The summed E-state index contributed by atoms with van der Waals surface area (Å²) in [5.74, 6) is 4.77. The molecule has 0 aromatic rings. The molecule has 1 nitrogen and oxygen atoms in total. The quantitative estimate of drug-likeness (QED) is 0.317. The summed E-state index contributed by atoms with van der Waals surface area (Å²) in [6, 6.07) is 0.742. The Morgan fingerprint density at radius 1 is 0.913 bits per heavy atom. The minimum Gasteiger partial charge on any atom is -0.257 e. The maximum absolute atomic E-state index is 3.75. The van der Waals surface area contributed by atoms with Crippen LogP contribution in [0, 0.1) is 29.6 Å². The maximum atomic E-state index is 3.75. The van der Waals surface area contributed by atoms with Crippen LogP contribution in [0.2, 0.25) is 0 Å². The third kappa shape index (κ3) is 5.59. The highest BCUT2D eigenvalue weighted by Crippen LogP contribution is 2.41.